The molecule has 0 radical (unpaired) electrons. The Morgan fingerprint density at radius 2 is 2.42 bits per heavy atom. The van der Waals surface area contributed by atoms with E-state index in [-0.39, 0.29) is 12.1 Å². The zero-order chi connectivity index (χ0) is 9.14. The lowest BCUT2D eigenvalue weighted by atomic mass is 10.2. The van der Waals surface area contributed by atoms with Gasteiger partial charge in [0.25, 0.3) is 0 Å². The average Bonchev–Trinajstić information content (AvgIpc) is 2.36. The van der Waals surface area contributed by atoms with Gasteiger partial charge in [0.15, 0.2) is 0 Å². The topological polar surface area (TPSA) is 87.4 Å². The van der Waals surface area contributed by atoms with Crippen LogP contribution in [0, 0.1) is 0 Å². The van der Waals surface area contributed by atoms with Crippen molar-refractivity contribution in [1.82, 2.24) is 10.6 Å². The van der Waals surface area contributed by atoms with E-state index in [1.165, 1.54) is 0 Å². The first-order valence-electron chi connectivity index (χ1n) is 4.05. The van der Waals surface area contributed by atoms with Crippen LogP contribution in [0.4, 0.5) is 0 Å². The summed E-state index contributed by atoms with van der Waals surface area (Å²) >= 11 is 0. The Balaban J connectivity index is 2.35. The van der Waals surface area contributed by atoms with Crippen molar-refractivity contribution in [2.24, 2.45) is 5.73 Å². The number of amides is 1. The van der Waals surface area contributed by atoms with Gasteiger partial charge in [0.1, 0.15) is 0 Å². The monoisotopic (exact) mass is 173 g/mol. The van der Waals surface area contributed by atoms with Gasteiger partial charge in [-0.3, -0.25) is 10.1 Å². The molecule has 12 heavy (non-hydrogen) atoms. The Bertz CT molecular complexity index is 174. The van der Waals surface area contributed by atoms with Gasteiger partial charge in [-0.1, -0.05) is 0 Å². The molecule has 0 unspecified atom stereocenters. The van der Waals surface area contributed by atoms with Crippen LogP contribution >= 0.6 is 0 Å². The van der Waals surface area contributed by atoms with E-state index >= 15 is 0 Å². The molecule has 5 nitrogen and oxygen atoms in total. The van der Waals surface area contributed by atoms with Crippen molar-refractivity contribution in [1.29, 1.82) is 0 Å². The summed E-state index contributed by atoms with van der Waals surface area (Å²) in [5, 5.41) is 15.3. The van der Waals surface area contributed by atoms with Crippen LogP contribution in [-0.2, 0) is 4.79 Å². The summed E-state index contributed by atoms with van der Waals surface area (Å²) in [6.07, 6.45) is -0.424. The van der Waals surface area contributed by atoms with Crippen molar-refractivity contribution in [3.8, 4) is 0 Å². The van der Waals surface area contributed by atoms with Crippen molar-refractivity contribution < 1.29 is 9.90 Å². The fourth-order valence-corrected chi connectivity index (χ4v) is 1.24. The highest BCUT2D eigenvalue weighted by Crippen LogP contribution is 2.00. The Kier molecular flexibility index (Phi) is 3.02. The Labute approximate surface area is 71.3 Å². The Morgan fingerprint density at radius 1 is 1.75 bits per heavy atom. The number of nitrogens with one attached hydrogen (secondary N) is 2. The van der Waals surface area contributed by atoms with Gasteiger partial charge in [-0.25, -0.2) is 0 Å². The molecule has 70 valence electrons. The van der Waals surface area contributed by atoms with Gasteiger partial charge < -0.3 is 16.2 Å². The molecule has 1 fully saturated rings. The first-order valence-corrected chi connectivity index (χ1v) is 4.05. The molecule has 0 spiro atoms. The molecule has 1 heterocycles. The first-order chi connectivity index (χ1) is 5.61. The first kappa shape index (κ1) is 9.44. The fourth-order valence-electron chi connectivity index (χ4n) is 1.24. The molecule has 0 bridgehead atoms. The number of carbonyl (C=O) groups is 1. The smallest absolute Gasteiger partial charge is 0.234 e. The molecular weight excluding hydrogens is 158 g/mol. The highest BCUT2D eigenvalue weighted by atomic mass is 16.3. The molecular formula is C7H15N3O2. The van der Waals surface area contributed by atoms with Crippen molar-refractivity contribution in [2.75, 3.05) is 13.1 Å². The molecule has 1 amide bonds. The number of nitrogens with two attached hydrogens (primary N) is 1. The normalized spacial score (nSPS) is 31.8. The van der Waals surface area contributed by atoms with E-state index in [2.05, 4.69) is 10.6 Å². The zero-order valence-corrected chi connectivity index (χ0v) is 7.08. The molecule has 3 atom stereocenters. The van der Waals surface area contributed by atoms with Crippen molar-refractivity contribution >= 4 is 5.91 Å². The second kappa shape index (κ2) is 3.84. The van der Waals surface area contributed by atoms with Crippen LogP contribution in [0.1, 0.15) is 6.92 Å². The van der Waals surface area contributed by atoms with Gasteiger partial charge in [0, 0.05) is 19.1 Å². The molecule has 1 saturated heterocycles. The number of primary amides is 1. The average molecular weight is 173 g/mol. The number of carbonyl (C=O) groups excluding carboxylic acids is 1. The van der Waals surface area contributed by atoms with Gasteiger partial charge in [-0.2, -0.15) is 0 Å². The van der Waals surface area contributed by atoms with Crippen LogP contribution in [-0.4, -0.2) is 42.3 Å². The maximum Gasteiger partial charge on any atom is 0.234 e. The number of rotatable bonds is 3. The largest absolute Gasteiger partial charge is 0.390 e. The third kappa shape index (κ3) is 2.17. The Hall–Kier alpha value is -0.650. The molecule has 1 aliphatic rings. The summed E-state index contributed by atoms with van der Waals surface area (Å²) in [5.74, 6) is -0.394. The zero-order valence-electron chi connectivity index (χ0n) is 7.08. The molecule has 0 aromatic heterocycles. The van der Waals surface area contributed by atoms with Crippen LogP contribution in [0.2, 0.25) is 0 Å². The molecule has 0 saturated carbocycles. The van der Waals surface area contributed by atoms with E-state index < -0.39 is 12.0 Å². The maximum atomic E-state index is 10.7. The minimum atomic E-state index is -0.424. The van der Waals surface area contributed by atoms with E-state index in [0.717, 1.165) is 0 Å². The van der Waals surface area contributed by atoms with Gasteiger partial charge in [-0.15, -0.1) is 0 Å². The lowest BCUT2D eigenvalue weighted by molar-refractivity contribution is -0.119. The third-order valence-electron chi connectivity index (χ3n) is 2.07. The van der Waals surface area contributed by atoms with Crippen LogP contribution < -0.4 is 16.4 Å². The van der Waals surface area contributed by atoms with E-state index in [4.69, 9.17) is 5.73 Å². The summed E-state index contributed by atoms with van der Waals surface area (Å²) in [6.45, 7) is 2.94. The van der Waals surface area contributed by atoms with Crippen LogP contribution in [0.25, 0.3) is 0 Å². The van der Waals surface area contributed by atoms with Gasteiger partial charge in [0.05, 0.1) is 12.1 Å². The second-order valence-corrected chi connectivity index (χ2v) is 3.12. The lowest BCUT2D eigenvalue weighted by Crippen LogP contribution is -2.49. The van der Waals surface area contributed by atoms with Crippen molar-refractivity contribution in [3.63, 3.8) is 0 Å². The SMILES string of the molecule is C[C@H](N[C@@H]1CNC[C@H]1O)C(N)=O. The molecule has 1 rings (SSSR count). The number of aliphatic hydroxyl groups excluding tert-OH is 1. The minimum Gasteiger partial charge on any atom is -0.390 e. The number of β-amino-alcohol motifs (C(OH)–C–C–N with tert-alkyl or cyclic N) is 1. The van der Waals surface area contributed by atoms with E-state index in [1.54, 1.807) is 6.92 Å². The van der Waals surface area contributed by atoms with Gasteiger partial charge in [0.2, 0.25) is 5.91 Å². The van der Waals surface area contributed by atoms with Crippen molar-refractivity contribution in [3.05, 3.63) is 0 Å². The molecule has 5 N–H and O–H groups in total. The summed E-state index contributed by atoms with van der Waals surface area (Å²) in [6, 6.07) is -0.447. The third-order valence-corrected chi connectivity index (χ3v) is 2.07. The second-order valence-electron chi connectivity index (χ2n) is 3.12. The molecule has 0 aromatic carbocycles. The lowest BCUT2D eigenvalue weighted by Gasteiger charge is -2.18. The number of hydrogen-bond acceptors (Lipinski definition) is 4. The highest BCUT2D eigenvalue weighted by Gasteiger charge is 2.26. The molecule has 1 aliphatic heterocycles. The van der Waals surface area contributed by atoms with Crippen molar-refractivity contribution in [2.45, 2.75) is 25.1 Å². The number of aliphatic hydroxyl groups is 1. The Morgan fingerprint density at radius 3 is 2.83 bits per heavy atom. The highest BCUT2D eigenvalue weighted by molar-refractivity contribution is 5.79. The summed E-state index contributed by atoms with van der Waals surface area (Å²) in [7, 11) is 0. The van der Waals surface area contributed by atoms with E-state index in [0.29, 0.717) is 13.1 Å². The fraction of sp³-hybridized carbons (Fsp3) is 0.857. The van der Waals surface area contributed by atoms with Crippen LogP contribution in [0.3, 0.4) is 0 Å². The maximum absolute atomic E-state index is 10.7. The predicted octanol–water partition coefficient (Wildman–Crippen LogP) is -2.22. The minimum absolute atomic E-state index is 0.0625. The summed E-state index contributed by atoms with van der Waals surface area (Å²) in [5.41, 5.74) is 5.06. The molecule has 5 heteroatoms. The summed E-state index contributed by atoms with van der Waals surface area (Å²) in [4.78, 5) is 10.7. The quantitative estimate of drug-likeness (QED) is 0.389. The standard InChI is InChI=1S/C7H15N3O2/c1-4(7(8)12)10-5-2-9-3-6(5)11/h4-6,9-11H,2-3H2,1H3,(H2,8,12)/t4-,5+,6+/m0/s1. The van der Waals surface area contributed by atoms with E-state index in [1.807, 2.05) is 0 Å². The molecule has 0 aromatic rings. The molecule has 0 aliphatic carbocycles. The van der Waals surface area contributed by atoms with Crippen LogP contribution in [0.5, 0.6) is 0 Å². The van der Waals surface area contributed by atoms with E-state index in [9.17, 15) is 9.90 Å². The predicted molar refractivity (Wildman–Crippen MR) is 44.5 cm³/mol. The van der Waals surface area contributed by atoms with Crippen LogP contribution in [0.15, 0.2) is 0 Å². The van der Waals surface area contributed by atoms with Gasteiger partial charge >= 0.3 is 0 Å². The van der Waals surface area contributed by atoms with Gasteiger partial charge in [-0.05, 0) is 6.92 Å². The summed E-state index contributed by atoms with van der Waals surface area (Å²) < 4.78 is 0. The number of hydrogen-bond donors (Lipinski definition) is 4.